The van der Waals surface area contributed by atoms with Gasteiger partial charge in [0.1, 0.15) is 11.9 Å². The maximum absolute atomic E-state index is 13.5. The lowest BCUT2D eigenvalue weighted by Crippen LogP contribution is -2.50. The second kappa shape index (κ2) is 11.4. The minimum absolute atomic E-state index is 0.0227. The van der Waals surface area contributed by atoms with Gasteiger partial charge in [-0.15, -0.1) is 0 Å². The Hall–Kier alpha value is -2.78. The minimum Gasteiger partial charge on any atom is -0.340 e. The number of nitrogens with zero attached hydrogens (tertiary/aromatic N) is 2. The van der Waals surface area contributed by atoms with Crippen LogP contribution in [0.2, 0.25) is 0 Å². The summed E-state index contributed by atoms with van der Waals surface area (Å²) in [5.74, 6) is -1.48. The second-order valence-corrected chi connectivity index (χ2v) is 10.1. The number of carbonyl (C=O) groups is 2. The van der Waals surface area contributed by atoms with E-state index >= 15 is 0 Å². The molecule has 0 saturated carbocycles. The van der Waals surface area contributed by atoms with E-state index in [9.17, 15) is 22.4 Å². The van der Waals surface area contributed by atoms with Gasteiger partial charge in [0.2, 0.25) is 15.9 Å². The number of sulfonamides is 1. The largest absolute Gasteiger partial charge is 0.340 e. The molecule has 0 aromatic heterocycles. The van der Waals surface area contributed by atoms with Gasteiger partial charge in [-0.25, -0.2) is 12.8 Å². The first-order valence-electron chi connectivity index (χ1n) is 10.9. The number of rotatable bonds is 10. The number of nitrogens with one attached hydrogen (secondary N) is 1. The fraction of sp³-hybridized carbons (Fsp3) is 0.417. The maximum Gasteiger partial charge on any atom is 0.251 e. The van der Waals surface area contributed by atoms with Crippen molar-refractivity contribution in [1.29, 1.82) is 0 Å². The van der Waals surface area contributed by atoms with Gasteiger partial charge in [0.15, 0.2) is 0 Å². The van der Waals surface area contributed by atoms with Gasteiger partial charge in [-0.2, -0.15) is 4.31 Å². The highest BCUT2D eigenvalue weighted by Gasteiger charge is 2.28. The zero-order valence-corrected chi connectivity index (χ0v) is 20.5. The number of hydrogen-bond donors (Lipinski definition) is 1. The zero-order valence-electron chi connectivity index (χ0n) is 19.7. The Morgan fingerprint density at radius 1 is 1.03 bits per heavy atom. The highest BCUT2D eigenvalue weighted by Crippen LogP contribution is 2.18. The van der Waals surface area contributed by atoms with Crippen LogP contribution in [0.4, 0.5) is 4.39 Å². The maximum atomic E-state index is 13.5. The van der Waals surface area contributed by atoms with Crippen LogP contribution in [0.5, 0.6) is 0 Å². The van der Waals surface area contributed by atoms with Crippen molar-refractivity contribution in [2.24, 2.45) is 5.92 Å². The molecule has 7 nitrogen and oxygen atoms in total. The van der Waals surface area contributed by atoms with E-state index in [1.807, 2.05) is 0 Å². The zero-order chi connectivity index (χ0) is 24.8. The summed E-state index contributed by atoms with van der Waals surface area (Å²) in [6, 6.07) is 10.9. The minimum atomic E-state index is -3.72. The average Bonchev–Trinajstić information content (AvgIpc) is 2.77. The summed E-state index contributed by atoms with van der Waals surface area (Å²) in [4.78, 5) is 27.4. The van der Waals surface area contributed by atoms with Crippen molar-refractivity contribution < 1.29 is 22.4 Å². The molecule has 0 spiro atoms. The molecule has 0 unspecified atom stereocenters. The Morgan fingerprint density at radius 3 is 2.24 bits per heavy atom. The Labute approximate surface area is 195 Å². The predicted molar refractivity (Wildman–Crippen MR) is 126 cm³/mol. The molecule has 180 valence electrons. The monoisotopic (exact) mass is 477 g/mol. The van der Waals surface area contributed by atoms with Gasteiger partial charge in [-0.1, -0.05) is 45.9 Å². The van der Waals surface area contributed by atoms with E-state index in [0.717, 1.165) is 0 Å². The van der Waals surface area contributed by atoms with Crippen molar-refractivity contribution >= 4 is 21.8 Å². The third-order valence-electron chi connectivity index (χ3n) is 5.34. The van der Waals surface area contributed by atoms with Gasteiger partial charge in [0, 0.05) is 32.2 Å². The molecule has 0 fully saturated rings. The van der Waals surface area contributed by atoms with E-state index in [4.69, 9.17) is 0 Å². The van der Waals surface area contributed by atoms with E-state index < -0.39 is 22.0 Å². The first-order chi connectivity index (χ1) is 15.5. The summed E-state index contributed by atoms with van der Waals surface area (Å²) in [6.07, 6.45) is 0. The van der Waals surface area contributed by atoms with Gasteiger partial charge in [0.25, 0.3) is 5.91 Å². The van der Waals surface area contributed by atoms with E-state index in [1.165, 1.54) is 45.6 Å². The lowest BCUT2D eigenvalue weighted by molar-refractivity contribution is -0.133. The highest BCUT2D eigenvalue weighted by molar-refractivity contribution is 7.89. The molecule has 0 aliphatic heterocycles. The summed E-state index contributed by atoms with van der Waals surface area (Å²) in [5, 5.41) is 2.73. The molecule has 2 amide bonds. The molecule has 9 heteroatoms. The van der Waals surface area contributed by atoms with Crippen LogP contribution in [0.15, 0.2) is 53.4 Å². The van der Waals surface area contributed by atoms with E-state index in [2.05, 4.69) is 5.32 Å². The summed E-state index contributed by atoms with van der Waals surface area (Å²) in [5.41, 5.74) is 0.781. The average molecular weight is 478 g/mol. The molecular formula is C24H32FN3O4S. The molecule has 2 aromatic rings. The smallest absolute Gasteiger partial charge is 0.251 e. The molecular weight excluding hydrogens is 445 g/mol. The standard InChI is InChI=1S/C24H32FN3O4S/c1-6-28(7-2)33(31,32)21-13-9-11-19(15-21)23(29)26-22(17(3)4)24(30)27(5)16-18-10-8-12-20(25)14-18/h8-15,17,22H,6-7,16H2,1-5H3,(H,26,29)/t22-/m0/s1. The van der Waals surface area contributed by atoms with Crippen LogP contribution in [0.3, 0.4) is 0 Å². The molecule has 1 atom stereocenters. The topological polar surface area (TPSA) is 86.8 Å². The van der Waals surface area contributed by atoms with Crippen molar-refractivity contribution in [3.8, 4) is 0 Å². The second-order valence-electron chi connectivity index (χ2n) is 8.14. The van der Waals surface area contributed by atoms with Crippen LogP contribution in [-0.4, -0.2) is 55.6 Å². The van der Waals surface area contributed by atoms with Crippen molar-refractivity contribution in [1.82, 2.24) is 14.5 Å². The predicted octanol–water partition coefficient (Wildman–Crippen LogP) is 3.27. The third-order valence-corrected chi connectivity index (χ3v) is 7.39. The summed E-state index contributed by atoms with van der Waals surface area (Å²) in [6.45, 7) is 7.93. The van der Waals surface area contributed by atoms with Crippen molar-refractivity contribution in [2.75, 3.05) is 20.1 Å². The first kappa shape index (κ1) is 26.5. The number of benzene rings is 2. The van der Waals surface area contributed by atoms with Gasteiger partial charge in [-0.3, -0.25) is 9.59 Å². The molecule has 0 aliphatic carbocycles. The van der Waals surface area contributed by atoms with Crippen molar-refractivity contribution in [3.63, 3.8) is 0 Å². The van der Waals surface area contributed by atoms with Gasteiger partial charge in [-0.05, 0) is 41.8 Å². The molecule has 0 radical (unpaired) electrons. The van der Waals surface area contributed by atoms with Crippen LogP contribution in [0.1, 0.15) is 43.6 Å². The first-order valence-corrected chi connectivity index (χ1v) is 12.4. The third kappa shape index (κ3) is 6.61. The molecule has 33 heavy (non-hydrogen) atoms. The number of likely N-dealkylation sites (N-methyl/N-ethyl adjacent to an activating group) is 1. The fourth-order valence-electron chi connectivity index (χ4n) is 3.47. The van der Waals surface area contributed by atoms with E-state index in [1.54, 1.807) is 46.9 Å². The van der Waals surface area contributed by atoms with Crippen molar-refractivity contribution in [2.45, 2.75) is 45.2 Å². The molecule has 0 heterocycles. The summed E-state index contributed by atoms with van der Waals surface area (Å²) < 4.78 is 40.4. The Bertz CT molecular complexity index is 1080. The van der Waals surface area contributed by atoms with E-state index in [0.29, 0.717) is 18.7 Å². The number of amides is 2. The van der Waals surface area contributed by atoms with Crippen LogP contribution in [0, 0.1) is 11.7 Å². The molecule has 0 saturated heterocycles. The van der Waals surface area contributed by atoms with Crippen LogP contribution in [-0.2, 0) is 21.4 Å². The lowest BCUT2D eigenvalue weighted by atomic mass is 10.0. The Kier molecular flexibility index (Phi) is 9.13. The van der Waals surface area contributed by atoms with Crippen LogP contribution >= 0.6 is 0 Å². The fourth-order valence-corrected chi connectivity index (χ4v) is 4.98. The molecule has 1 N–H and O–H groups in total. The normalized spacial score (nSPS) is 12.6. The van der Waals surface area contributed by atoms with E-state index in [-0.39, 0.29) is 34.6 Å². The number of halogens is 1. The Balaban J connectivity index is 2.21. The lowest BCUT2D eigenvalue weighted by Gasteiger charge is -2.27. The van der Waals surface area contributed by atoms with Gasteiger partial charge >= 0.3 is 0 Å². The molecule has 0 bridgehead atoms. The highest BCUT2D eigenvalue weighted by atomic mass is 32.2. The number of hydrogen-bond acceptors (Lipinski definition) is 4. The quantitative estimate of drug-likeness (QED) is 0.569. The van der Waals surface area contributed by atoms with Gasteiger partial charge in [0.05, 0.1) is 4.90 Å². The van der Waals surface area contributed by atoms with Crippen LogP contribution in [0.25, 0.3) is 0 Å². The summed E-state index contributed by atoms with van der Waals surface area (Å²) >= 11 is 0. The van der Waals surface area contributed by atoms with Crippen molar-refractivity contribution in [3.05, 3.63) is 65.5 Å². The molecule has 2 rings (SSSR count). The summed E-state index contributed by atoms with van der Waals surface area (Å²) in [7, 11) is -2.13. The number of carbonyl (C=O) groups excluding carboxylic acids is 2. The SMILES string of the molecule is CCN(CC)S(=O)(=O)c1cccc(C(=O)N[C@H](C(=O)N(C)Cc2cccc(F)c2)C(C)C)c1. The van der Waals surface area contributed by atoms with Crippen LogP contribution < -0.4 is 5.32 Å². The Morgan fingerprint density at radius 2 is 1.67 bits per heavy atom. The van der Waals surface area contributed by atoms with Gasteiger partial charge < -0.3 is 10.2 Å². The molecule has 0 aliphatic rings. The molecule has 2 aromatic carbocycles.